The summed E-state index contributed by atoms with van der Waals surface area (Å²) in [6, 6.07) is 10.5. The van der Waals surface area contributed by atoms with Gasteiger partial charge in [0.15, 0.2) is 0 Å². The molecule has 3 N–H and O–H groups in total. The van der Waals surface area contributed by atoms with E-state index in [9.17, 15) is 23.5 Å². The molecule has 1 heterocycles. The van der Waals surface area contributed by atoms with Gasteiger partial charge in [0.1, 0.15) is 5.82 Å². The maximum Gasteiger partial charge on any atom is 0.408 e. The molecule has 3 atom stereocenters. The van der Waals surface area contributed by atoms with Gasteiger partial charge in [-0.25, -0.2) is 18.7 Å². The third kappa shape index (κ3) is 5.15. The number of amides is 1. The Morgan fingerprint density at radius 2 is 1.85 bits per heavy atom. The third-order valence-corrected chi connectivity index (χ3v) is 6.34. The molecule has 0 radical (unpaired) electrons. The van der Waals surface area contributed by atoms with Crippen LogP contribution in [0.3, 0.4) is 0 Å². The van der Waals surface area contributed by atoms with Crippen molar-refractivity contribution < 1.29 is 18.7 Å². The number of nitrogens with one attached hydrogen (secondary N) is 1. The summed E-state index contributed by atoms with van der Waals surface area (Å²) in [6.07, 6.45) is -1.15. The molecule has 2 unspecified atom stereocenters. The minimum absolute atomic E-state index is 0.214. The van der Waals surface area contributed by atoms with Gasteiger partial charge in [-0.15, -0.1) is 0 Å². The van der Waals surface area contributed by atoms with E-state index in [1.54, 1.807) is 77.1 Å². The molecule has 0 saturated carbocycles. The van der Waals surface area contributed by atoms with Crippen molar-refractivity contribution in [1.29, 1.82) is 0 Å². The maximum atomic E-state index is 13.7. The van der Waals surface area contributed by atoms with Gasteiger partial charge in [-0.05, 0) is 64.4 Å². The van der Waals surface area contributed by atoms with Crippen molar-refractivity contribution >= 4 is 39.9 Å². The number of halogens is 1. The molecule has 0 aliphatic heterocycles. The molecule has 3 rings (SSSR count). The fraction of sp³-hybridized carbons (Fsp3) is 0.348. The smallest absolute Gasteiger partial charge is 0.408 e. The summed E-state index contributed by atoms with van der Waals surface area (Å²) in [7, 11) is 0. The third-order valence-electron chi connectivity index (χ3n) is 5.47. The van der Waals surface area contributed by atoms with Gasteiger partial charge < -0.3 is 5.11 Å². The van der Waals surface area contributed by atoms with Crippen molar-refractivity contribution in [3.63, 3.8) is 0 Å². The van der Waals surface area contributed by atoms with E-state index in [4.69, 9.17) is 11.6 Å². The van der Waals surface area contributed by atoms with Crippen LogP contribution >= 0.6 is 11.6 Å². The molecular formula is C23H27ClN4O5S. The van der Waals surface area contributed by atoms with Crippen LogP contribution in [-0.2, 0) is 11.3 Å². The van der Waals surface area contributed by atoms with E-state index in [1.807, 2.05) is 0 Å². The van der Waals surface area contributed by atoms with Crippen molar-refractivity contribution in [2.24, 2.45) is 0 Å². The summed E-state index contributed by atoms with van der Waals surface area (Å²) in [5.74, 6) is 0.223. The highest BCUT2D eigenvalue weighted by Crippen LogP contribution is 2.30. The molecule has 2 aromatic carbocycles. The Morgan fingerprint density at radius 3 is 2.44 bits per heavy atom. The van der Waals surface area contributed by atoms with Gasteiger partial charge in [-0.3, -0.25) is 18.8 Å². The normalized spacial score (nSPS) is 14.6. The average Bonchev–Trinajstić information content (AvgIpc) is 2.71. The van der Waals surface area contributed by atoms with Gasteiger partial charge in [-0.2, -0.15) is 0 Å². The van der Waals surface area contributed by atoms with Gasteiger partial charge in [0.05, 0.1) is 27.7 Å². The second-order valence-electron chi connectivity index (χ2n) is 8.93. The van der Waals surface area contributed by atoms with E-state index in [1.165, 1.54) is 9.47 Å². The number of hydrogen-bond acceptors (Lipinski definition) is 4. The minimum atomic E-state index is -2.23. The van der Waals surface area contributed by atoms with Crippen LogP contribution in [0.15, 0.2) is 47.3 Å². The van der Waals surface area contributed by atoms with Gasteiger partial charge >= 0.3 is 6.09 Å². The van der Waals surface area contributed by atoms with Crippen molar-refractivity contribution in [2.45, 2.75) is 52.2 Å². The van der Waals surface area contributed by atoms with Gasteiger partial charge in [0, 0.05) is 11.6 Å². The van der Waals surface area contributed by atoms with Crippen molar-refractivity contribution in [1.82, 2.24) is 19.2 Å². The number of carbonyl (C=O) groups is 1. The lowest BCUT2D eigenvalue weighted by atomic mass is 10.0. The van der Waals surface area contributed by atoms with Crippen LogP contribution < -0.4 is 10.3 Å². The zero-order chi connectivity index (χ0) is 25.4. The average molecular weight is 507 g/mol. The lowest BCUT2D eigenvalue weighted by Gasteiger charge is -2.38. The Labute approximate surface area is 204 Å². The Morgan fingerprint density at radius 1 is 1.21 bits per heavy atom. The van der Waals surface area contributed by atoms with Crippen molar-refractivity contribution in [3.8, 4) is 5.69 Å². The van der Waals surface area contributed by atoms with E-state index in [2.05, 4.69) is 9.71 Å². The molecule has 0 spiro atoms. The highest BCUT2D eigenvalue weighted by Gasteiger charge is 2.34. The zero-order valence-corrected chi connectivity index (χ0v) is 21.0. The SMILES string of the molecule is CC(c1nc2cccc(Cl)c2c(=O)n1-c1cccc([C@H](C)NS(=O)O)c1)N(C(=O)O)C(C)(C)C. The highest BCUT2D eigenvalue weighted by molar-refractivity contribution is 7.77. The molecule has 3 aromatic rings. The van der Waals surface area contributed by atoms with Crippen LogP contribution in [0.1, 0.15) is 58.1 Å². The Balaban J connectivity index is 2.34. The molecule has 11 heteroatoms. The largest absolute Gasteiger partial charge is 0.465 e. The topological polar surface area (TPSA) is 125 Å². The summed E-state index contributed by atoms with van der Waals surface area (Å²) in [6.45, 7) is 8.68. The molecule has 0 saturated heterocycles. The first-order valence-corrected chi connectivity index (χ1v) is 12.0. The lowest BCUT2D eigenvalue weighted by Crippen LogP contribution is -2.47. The number of aromatic nitrogens is 2. The van der Waals surface area contributed by atoms with E-state index < -0.39 is 40.5 Å². The number of nitrogens with zero attached hydrogens (tertiary/aromatic N) is 3. The number of rotatable bonds is 6. The first kappa shape index (κ1) is 25.8. The monoisotopic (exact) mass is 506 g/mol. The van der Waals surface area contributed by atoms with E-state index >= 15 is 0 Å². The zero-order valence-electron chi connectivity index (χ0n) is 19.4. The molecule has 0 aliphatic carbocycles. The van der Waals surface area contributed by atoms with Crippen LogP contribution in [-0.4, -0.2) is 40.0 Å². The molecule has 34 heavy (non-hydrogen) atoms. The van der Waals surface area contributed by atoms with Crippen molar-refractivity contribution in [3.05, 3.63) is 69.2 Å². The Kier molecular flexibility index (Phi) is 7.47. The number of benzene rings is 2. The van der Waals surface area contributed by atoms with Gasteiger partial charge in [0.25, 0.3) is 5.56 Å². The summed E-state index contributed by atoms with van der Waals surface area (Å²) < 4.78 is 24.3. The van der Waals surface area contributed by atoms with E-state index in [0.29, 0.717) is 16.8 Å². The maximum absolute atomic E-state index is 13.7. The second-order valence-corrected chi connectivity index (χ2v) is 10.1. The standard InChI is InChI=1S/C23H27ClN4O5S/c1-13(26-34(32)33)15-8-6-9-16(12-15)27-20(14(2)28(22(30)31)23(3,4)5)25-18-11-7-10-17(24)19(18)21(27)29/h6-14,26H,1-5H3,(H,30,31)(H,32,33)/t13-,14?/m0/s1. The first-order chi connectivity index (χ1) is 15.8. The van der Waals surface area contributed by atoms with Crippen LogP contribution in [0.2, 0.25) is 5.02 Å². The lowest BCUT2D eigenvalue weighted by molar-refractivity contribution is 0.0719. The number of fused-ring (bicyclic) bond motifs is 1. The fourth-order valence-electron chi connectivity index (χ4n) is 4.04. The van der Waals surface area contributed by atoms with E-state index in [0.717, 1.165) is 0 Å². The summed E-state index contributed by atoms with van der Waals surface area (Å²) in [5, 5.41) is 10.4. The van der Waals surface area contributed by atoms with Gasteiger partial charge in [-0.1, -0.05) is 29.8 Å². The summed E-state index contributed by atoms with van der Waals surface area (Å²) >= 11 is 4.12. The van der Waals surface area contributed by atoms with Crippen LogP contribution in [0.5, 0.6) is 0 Å². The molecule has 182 valence electrons. The van der Waals surface area contributed by atoms with Gasteiger partial charge in [0.2, 0.25) is 11.3 Å². The Hall–Kier alpha value is -2.79. The van der Waals surface area contributed by atoms with Crippen LogP contribution in [0, 0.1) is 0 Å². The van der Waals surface area contributed by atoms with Crippen LogP contribution in [0.4, 0.5) is 4.79 Å². The Bertz CT molecular complexity index is 1320. The molecule has 0 fully saturated rings. The summed E-state index contributed by atoms with van der Waals surface area (Å²) in [4.78, 5) is 31.9. The predicted molar refractivity (Wildman–Crippen MR) is 133 cm³/mol. The molecule has 0 aliphatic rings. The minimum Gasteiger partial charge on any atom is -0.465 e. The van der Waals surface area contributed by atoms with E-state index in [-0.39, 0.29) is 16.2 Å². The highest BCUT2D eigenvalue weighted by atomic mass is 35.5. The molecule has 1 aromatic heterocycles. The fourth-order valence-corrected chi connectivity index (χ4v) is 4.73. The molecular weight excluding hydrogens is 480 g/mol. The second kappa shape index (κ2) is 9.83. The predicted octanol–water partition coefficient (Wildman–Crippen LogP) is 4.67. The molecule has 1 amide bonds. The molecule has 0 bridgehead atoms. The first-order valence-electron chi connectivity index (χ1n) is 10.5. The molecule has 9 nitrogen and oxygen atoms in total. The van der Waals surface area contributed by atoms with Crippen LogP contribution in [0.25, 0.3) is 16.6 Å². The number of carboxylic acid groups (broad SMARTS) is 1. The quantitative estimate of drug-likeness (QED) is 0.417. The summed E-state index contributed by atoms with van der Waals surface area (Å²) in [5.41, 5.74) is 0.213. The van der Waals surface area contributed by atoms with Crippen molar-refractivity contribution in [2.75, 3.05) is 0 Å². The number of hydrogen-bond donors (Lipinski definition) is 3.